The lowest BCUT2D eigenvalue weighted by Gasteiger charge is -2.27. The van der Waals surface area contributed by atoms with Gasteiger partial charge in [-0.25, -0.2) is 0 Å². The SMILES string of the molecule is CCCNCc1ccc(OC)c(OC2CCC(C)CC2)c1. The Hall–Kier alpha value is -1.22. The fourth-order valence-corrected chi connectivity index (χ4v) is 2.86. The van der Waals surface area contributed by atoms with E-state index in [0.717, 1.165) is 49.8 Å². The van der Waals surface area contributed by atoms with Crippen molar-refractivity contribution in [2.24, 2.45) is 5.92 Å². The highest BCUT2D eigenvalue weighted by molar-refractivity contribution is 5.43. The number of methoxy groups -OCH3 is 1. The zero-order chi connectivity index (χ0) is 15.1. The minimum Gasteiger partial charge on any atom is -0.493 e. The third kappa shape index (κ3) is 4.92. The van der Waals surface area contributed by atoms with E-state index in [2.05, 4.69) is 31.3 Å². The zero-order valence-electron chi connectivity index (χ0n) is 13.7. The first-order valence-corrected chi connectivity index (χ1v) is 8.27. The van der Waals surface area contributed by atoms with Crippen molar-refractivity contribution in [3.05, 3.63) is 23.8 Å². The van der Waals surface area contributed by atoms with Gasteiger partial charge in [-0.15, -0.1) is 0 Å². The Morgan fingerprint density at radius 3 is 2.57 bits per heavy atom. The molecule has 0 heterocycles. The second-order valence-electron chi connectivity index (χ2n) is 6.16. The molecule has 0 unspecified atom stereocenters. The van der Waals surface area contributed by atoms with Crippen molar-refractivity contribution in [1.29, 1.82) is 0 Å². The van der Waals surface area contributed by atoms with Crippen LogP contribution in [0.3, 0.4) is 0 Å². The first kappa shape index (κ1) is 16.2. The van der Waals surface area contributed by atoms with E-state index in [1.807, 2.05) is 6.07 Å². The standard InChI is InChI=1S/C18H29NO2/c1-4-11-19-13-15-7-10-17(20-3)18(12-15)21-16-8-5-14(2)6-9-16/h7,10,12,14,16,19H,4-6,8-9,11,13H2,1-3H3. The quantitative estimate of drug-likeness (QED) is 0.765. The third-order valence-electron chi connectivity index (χ3n) is 4.24. The third-order valence-corrected chi connectivity index (χ3v) is 4.24. The predicted octanol–water partition coefficient (Wildman–Crippen LogP) is 4.15. The maximum atomic E-state index is 6.22. The van der Waals surface area contributed by atoms with Gasteiger partial charge in [0.15, 0.2) is 11.5 Å². The zero-order valence-corrected chi connectivity index (χ0v) is 13.7. The normalized spacial score (nSPS) is 22.0. The first-order chi connectivity index (χ1) is 10.2. The molecule has 1 aromatic rings. The fraction of sp³-hybridized carbons (Fsp3) is 0.667. The number of ether oxygens (including phenoxy) is 2. The summed E-state index contributed by atoms with van der Waals surface area (Å²) in [6, 6.07) is 6.25. The van der Waals surface area contributed by atoms with Crippen LogP contribution < -0.4 is 14.8 Å². The lowest BCUT2D eigenvalue weighted by atomic mass is 9.89. The molecule has 1 aromatic carbocycles. The molecule has 0 amide bonds. The minimum absolute atomic E-state index is 0.342. The van der Waals surface area contributed by atoms with E-state index in [4.69, 9.17) is 9.47 Å². The van der Waals surface area contributed by atoms with Crippen LogP contribution in [0.2, 0.25) is 0 Å². The van der Waals surface area contributed by atoms with Gasteiger partial charge in [0.2, 0.25) is 0 Å². The van der Waals surface area contributed by atoms with E-state index in [1.54, 1.807) is 7.11 Å². The molecule has 1 saturated carbocycles. The predicted molar refractivity (Wildman–Crippen MR) is 87.0 cm³/mol. The Morgan fingerprint density at radius 1 is 1.14 bits per heavy atom. The van der Waals surface area contributed by atoms with E-state index < -0.39 is 0 Å². The van der Waals surface area contributed by atoms with Crippen LogP contribution in [0.25, 0.3) is 0 Å². The van der Waals surface area contributed by atoms with Gasteiger partial charge in [-0.3, -0.25) is 0 Å². The Balaban J connectivity index is 1.99. The number of nitrogens with one attached hydrogen (secondary N) is 1. The highest BCUT2D eigenvalue weighted by Gasteiger charge is 2.20. The molecule has 0 bridgehead atoms. The molecule has 1 aliphatic rings. The Morgan fingerprint density at radius 2 is 1.90 bits per heavy atom. The van der Waals surface area contributed by atoms with Crippen molar-refractivity contribution in [3.63, 3.8) is 0 Å². The van der Waals surface area contributed by atoms with Gasteiger partial charge in [0.25, 0.3) is 0 Å². The summed E-state index contributed by atoms with van der Waals surface area (Å²) in [5.41, 5.74) is 1.25. The van der Waals surface area contributed by atoms with Crippen LogP contribution in [0.15, 0.2) is 18.2 Å². The van der Waals surface area contributed by atoms with E-state index in [0.29, 0.717) is 6.10 Å². The summed E-state index contributed by atoms with van der Waals surface area (Å²) < 4.78 is 11.7. The number of rotatable bonds is 7. The summed E-state index contributed by atoms with van der Waals surface area (Å²) in [5.74, 6) is 2.58. The molecule has 1 aliphatic carbocycles. The van der Waals surface area contributed by atoms with E-state index in [-0.39, 0.29) is 0 Å². The summed E-state index contributed by atoms with van der Waals surface area (Å²) in [7, 11) is 1.71. The van der Waals surface area contributed by atoms with Gasteiger partial charge >= 0.3 is 0 Å². The van der Waals surface area contributed by atoms with Crippen LogP contribution in [0.5, 0.6) is 11.5 Å². The summed E-state index contributed by atoms with van der Waals surface area (Å²) in [6.45, 7) is 6.44. The molecular weight excluding hydrogens is 262 g/mol. The lowest BCUT2D eigenvalue weighted by Crippen LogP contribution is -2.23. The molecule has 0 atom stereocenters. The largest absolute Gasteiger partial charge is 0.493 e. The maximum absolute atomic E-state index is 6.22. The van der Waals surface area contributed by atoms with Crippen LogP contribution in [-0.2, 0) is 6.54 Å². The highest BCUT2D eigenvalue weighted by atomic mass is 16.5. The molecule has 21 heavy (non-hydrogen) atoms. The topological polar surface area (TPSA) is 30.5 Å². The van der Waals surface area contributed by atoms with Crippen molar-refractivity contribution in [1.82, 2.24) is 5.32 Å². The van der Waals surface area contributed by atoms with Crippen molar-refractivity contribution in [2.75, 3.05) is 13.7 Å². The molecule has 0 saturated heterocycles. The average molecular weight is 291 g/mol. The second-order valence-corrected chi connectivity index (χ2v) is 6.16. The molecule has 1 fully saturated rings. The van der Waals surface area contributed by atoms with Gasteiger partial charge in [-0.2, -0.15) is 0 Å². The fourth-order valence-electron chi connectivity index (χ4n) is 2.86. The lowest BCUT2D eigenvalue weighted by molar-refractivity contribution is 0.131. The molecule has 1 N–H and O–H groups in total. The van der Waals surface area contributed by atoms with Gasteiger partial charge in [-0.1, -0.05) is 19.9 Å². The average Bonchev–Trinajstić information content (AvgIpc) is 2.50. The molecule has 0 spiro atoms. The van der Waals surface area contributed by atoms with Gasteiger partial charge in [0, 0.05) is 6.54 Å². The molecule has 118 valence electrons. The van der Waals surface area contributed by atoms with Gasteiger partial charge in [0.1, 0.15) is 0 Å². The van der Waals surface area contributed by atoms with E-state index >= 15 is 0 Å². The van der Waals surface area contributed by atoms with Crippen molar-refractivity contribution < 1.29 is 9.47 Å². The highest BCUT2D eigenvalue weighted by Crippen LogP contribution is 2.33. The minimum atomic E-state index is 0.342. The number of benzene rings is 1. The van der Waals surface area contributed by atoms with Gasteiger partial charge < -0.3 is 14.8 Å². The Kier molecular flexibility index (Phi) is 6.37. The molecule has 0 aliphatic heterocycles. The van der Waals surface area contributed by atoms with Gasteiger partial charge in [0.05, 0.1) is 13.2 Å². The molecule has 0 aromatic heterocycles. The summed E-state index contributed by atoms with van der Waals surface area (Å²) >= 11 is 0. The van der Waals surface area contributed by atoms with Crippen LogP contribution >= 0.6 is 0 Å². The summed E-state index contributed by atoms with van der Waals surface area (Å²) in [4.78, 5) is 0. The molecule has 0 radical (unpaired) electrons. The van der Waals surface area contributed by atoms with Crippen molar-refractivity contribution in [2.45, 2.75) is 58.6 Å². The van der Waals surface area contributed by atoms with E-state index in [9.17, 15) is 0 Å². The molecule has 3 heteroatoms. The smallest absolute Gasteiger partial charge is 0.161 e. The van der Waals surface area contributed by atoms with Crippen LogP contribution in [0.4, 0.5) is 0 Å². The monoisotopic (exact) mass is 291 g/mol. The molecule has 3 nitrogen and oxygen atoms in total. The Labute approximate surface area is 129 Å². The number of hydrogen-bond acceptors (Lipinski definition) is 3. The molecule has 2 rings (SSSR count). The van der Waals surface area contributed by atoms with E-state index in [1.165, 1.54) is 18.4 Å². The number of hydrogen-bond donors (Lipinski definition) is 1. The Bertz CT molecular complexity index is 425. The molecular formula is C18H29NO2. The van der Waals surface area contributed by atoms with Crippen molar-refractivity contribution in [3.8, 4) is 11.5 Å². The first-order valence-electron chi connectivity index (χ1n) is 8.27. The van der Waals surface area contributed by atoms with Crippen LogP contribution in [0.1, 0.15) is 51.5 Å². The van der Waals surface area contributed by atoms with Gasteiger partial charge in [-0.05, 0) is 62.3 Å². The summed E-state index contributed by atoms with van der Waals surface area (Å²) in [5, 5.41) is 3.43. The maximum Gasteiger partial charge on any atom is 0.161 e. The van der Waals surface area contributed by atoms with Crippen LogP contribution in [-0.4, -0.2) is 19.8 Å². The van der Waals surface area contributed by atoms with Crippen molar-refractivity contribution >= 4 is 0 Å². The second kappa shape index (κ2) is 8.28. The summed E-state index contributed by atoms with van der Waals surface area (Å²) in [6.07, 6.45) is 6.34. The van der Waals surface area contributed by atoms with Crippen LogP contribution in [0, 0.1) is 5.92 Å².